The number of nitriles is 2. The molecule has 2 saturated carbocycles. The van der Waals surface area contributed by atoms with Crippen LogP contribution in [0.15, 0.2) is 60.7 Å². The summed E-state index contributed by atoms with van der Waals surface area (Å²) >= 11 is 0. The van der Waals surface area contributed by atoms with Crippen molar-refractivity contribution in [3.8, 4) is 12.1 Å². The van der Waals surface area contributed by atoms with Gasteiger partial charge in [-0.15, -0.1) is 0 Å². The van der Waals surface area contributed by atoms with Crippen molar-refractivity contribution in [2.45, 2.75) is 81.6 Å². The van der Waals surface area contributed by atoms with Crippen LogP contribution in [0.2, 0.25) is 39.3 Å². The lowest BCUT2D eigenvalue weighted by Crippen LogP contribution is -2.63. The van der Waals surface area contributed by atoms with Crippen LogP contribution < -0.4 is 0 Å². The predicted octanol–water partition coefficient (Wildman–Crippen LogP) is 7.21. The van der Waals surface area contributed by atoms with Crippen LogP contribution in [0.25, 0.3) is 0 Å². The van der Waals surface area contributed by atoms with Gasteiger partial charge in [-0.25, -0.2) is 0 Å². The maximum Gasteiger partial charge on any atom is 0.185 e. The van der Waals surface area contributed by atoms with Crippen LogP contribution in [0.5, 0.6) is 0 Å². The van der Waals surface area contributed by atoms with Gasteiger partial charge < -0.3 is 8.85 Å². The Bertz CT molecular complexity index is 1020. The van der Waals surface area contributed by atoms with E-state index in [2.05, 4.69) is 100.0 Å². The Morgan fingerprint density at radius 2 is 1.00 bits per heavy atom. The van der Waals surface area contributed by atoms with Crippen LogP contribution in [0.3, 0.4) is 0 Å². The standard InChI is InChI=1S/C29H38N2O2Si2/c1-34(2,3)32-28(20-30)18-24(22-13-9-7-10-14-22)27-17-26(28)25(23-15-11-8-12-16-23)19-29(27,21-31)33-35(4,5)6/h7-16,24-27H,17-19H2,1-6H3/t24-,25-,26+,27+,28?,29?/m0/s1. The molecule has 0 heterocycles. The van der Waals surface area contributed by atoms with E-state index in [0.717, 1.165) is 6.42 Å². The average molecular weight is 503 g/mol. The van der Waals surface area contributed by atoms with E-state index in [1.165, 1.54) is 11.1 Å². The van der Waals surface area contributed by atoms with Crippen LogP contribution in [-0.2, 0) is 8.85 Å². The Balaban J connectivity index is 1.92. The Kier molecular flexibility index (Phi) is 6.90. The van der Waals surface area contributed by atoms with Gasteiger partial charge in [0.15, 0.2) is 16.6 Å². The molecule has 2 aromatic rings. The first-order valence-electron chi connectivity index (χ1n) is 12.7. The number of nitrogens with zero attached hydrogens (tertiary/aromatic N) is 2. The van der Waals surface area contributed by atoms with Crippen molar-refractivity contribution < 1.29 is 8.85 Å². The lowest BCUT2D eigenvalue weighted by atomic mass is 9.50. The lowest BCUT2D eigenvalue weighted by Gasteiger charge is -2.59. The van der Waals surface area contributed by atoms with E-state index in [0.29, 0.717) is 12.8 Å². The molecule has 0 saturated heterocycles. The summed E-state index contributed by atoms with van der Waals surface area (Å²) in [6, 6.07) is 26.3. The smallest absolute Gasteiger partial charge is 0.185 e. The van der Waals surface area contributed by atoms with E-state index in [9.17, 15) is 10.5 Å². The Hall–Kier alpha value is -2.23. The van der Waals surface area contributed by atoms with Crippen molar-refractivity contribution in [2.24, 2.45) is 11.8 Å². The summed E-state index contributed by atoms with van der Waals surface area (Å²) in [5.74, 6) is 0.0731. The molecule has 2 bridgehead atoms. The van der Waals surface area contributed by atoms with Crippen LogP contribution >= 0.6 is 0 Å². The zero-order chi connectivity index (χ0) is 25.5. The number of hydrogen-bond donors (Lipinski definition) is 0. The number of benzene rings is 2. The molecule has 0 aliphatic heterocycles. The number of hydrogen-bond acceptors (Lipinski definition) is 4. The van der Waals surface area contributed by atoms with E-state index in [1.807, 2.05) is 12.1 Å². The van der Waals surface area contributed by atoms with Crippen molar-refractivity contribution >= 4 is 16.6 Å². The quantitative estimate of drug-likeness (QED) is 0.391. The molecule has 2 fully saturated rings. The monoisotopic (exact) mass is 502 g/mol. The first-order chi connectivity index (χ1) is 16.4. The zero-order valence-electron chi connectivity index (χ0n) is 21.9. The molecule has 2 unspecified atom stereocenters. The third-order valence-electron chi connectivity index (χ3n) is 7.53. The fourth-order valence-electron chi connectivity index (χ4n) is 6.60. The van der Waals surface area contributed by atoms with Gasteiger partial charge in [0.05, 0.1) is 12.1 Å². The Morgan fingerprint density at radius 3 is 1.29 bits per heavy atom. The van der Waals surface area contributed by atoms with Crippen LogP contribution in [0.1, 0.15) is 42.2 Å². The van der Waals surface area contributed by atoms with Gasteiger partial charge >= 0.3 is 0 Å². The van der Waals surface area contributed by atoms with E-state index >= 15 is 0 Å². The van der Waals surface area contributed by atoms with Gasteiger partial charge in [-0.3, -0.25) is 0 Å². The minimum Gasteiger partial charge on any atom is -0.400 e. The van der Waals surface area contributed by atoms with Crippen LogP contribution in [0.4, 0.5) is 0 Å². The van der Waals surface area contributed by atoms with E-state index in [-0.39, 0.29) is 23.7 Å². The highest BCUT2D eigenvalue weighted by molar-refractivity contribution is 6.70. The van der Waals surface area contributed by atoms with Crippen molar-refractivity contribution in [1.29, 1.82) is 10.5 Å². The molecule has 0 aromatic heterocycles. The summed E-state index contributed by atoms with van der Waals surface area (Å²) in [7, 11) is -4.10. The minimum atomic E-state index is -2.05. The summed E-state index contributed by atoms with van der Waals surface area (Å²) in [6.07, 6.45) is 1.93. The van der Waals surface area contributed by atoms with Gasteiger partial charge in [0, 0.05) is 11.8 Å². The van der Waals surface area contributed by atoms with Gasteiger partial charge in [-0.2, -0.15) is 10.5 Å². The largest absolute Gasteiger partial charge is 0.400 e. The summed E-state index contributed by atoms with van der Waals surface area (Å²) < 4.78 is 13.7. The molecule has 0 radical (unpaired) electrons. The van der Waals surface area contributed by atoms with Gasteiger partial charge in [0.1, 0.15) is 11.2 Å². The summed E-state index contributed by atoms with van der Waals surface area (Å²) in [5.41, 5.74) is 0.573. The highest BCUT2D eigenvalue weighted by Crippen LogP contribution is 2.62. The minimum absolute atomic E-state index is 0.0123. The van der Waals surface area contributed by atoms with Crippen molar-refractivity contribution in [2.75, 3.05) is 0 Å². The van der Waals surface area contributed by atoms with Crippen LogP contribution in [-0.4, -0.2) is 27.8 Å². The maximum atomic E-state index is 10.8. The van der Waals surface area contributed by atoms with Crippen molar-refractivity contribution in [3.63, 3.8) is 0 Å². The highest BCUT2D eigenvalue weighted by atomic mass is 28.4. The SMILES string of the molecule is C[Si](C)(C)OC1(C#N)C[C@@H](c2ccccc2)[C@H]2C[C@@H]1[C@H](c1ccccc1)CC2(C#N)O[Si](C)(C)C. The molecule has 2 aliphatic carbocycles. The van der Waals surface area contributed by atoms with E-state index in [1.54, 1.807) is 0 Å². The lowest BCUT2D eigenvalue weighted by molar-refractivity contribution is -0.109. The molecule has 0 amide bonds. The second kappa shape index (κ2) is 9.34. The van der Waals surface area contributed by atoms with E-state index in [4.69, 9.17) is 8.85 Å². The molecule has 4 rings (SSSR count). The second-order valence-corrected chi connectivity index (χ2v) is 21.2. The second-order valence-electron chi connectivity index (χ2n) is 12.3. The summed E-state index contributed by atoms with van der Waals surface area (Å²) in [4.78, 5) is 0. The fourth-order valence-corrected chi connectivity index (χ4v) is 9.35. The van der Waals surface area contributed by atoms with Gasteiger partial charge in [-0.05, 0) is 81.5 Å². The average Bonchev–Trinajstić information content (AvgIpc) is 2.81. The molecular weight excluding hydrogens is 465 g/mol. The number of rotatable bonds is 6. The predicted molar refractivity (Wildman–Crippen MR) is 145 cm³/mol. The van der Waals surface area contributed by atoms with Crippen molar-refractivity contribution in [3.05, 3.63) is 71.8 Å². The van der Waals surface area contributed by atoms with Gasteiger partial charge in [-0.1, -0.05) is 60.7 Å². The molecule has 0 N–H and O–H groups in total. The highest BCUT2D eigenvalue weighted by Gasteiger charge is 2.63. The topological polar surface area (TPSA) is 66.0 Å². The zero-order valence-corrected chi connectivity index (χ0v) is 23.9. The van der Waals surface area contributed by atoms with Crippen molar-refractivity contribution in [1.82, 2.24) is 0 Å². The first-order valence-corrected chi connectivity index (χ1v) is 19.6. The molecule has 6 heteroatoms. The molecule has 4 nitrogen and oxygen atoms in total. The molecular formula is C29H38N2O2Si2. The maximum absolute atomic E-state index is 10.8. The van der Waals surface area contributed by atoms with Gasteiger partial charge in [0.2, 0.25) is 0 Å². The third kappa shape index (κ3) is 5.18. The number of fused-ring (bicyclic) bond motifs is 2. The molecule has 0 spiro atoms. The fraction of sp³-hybridized carbons (Fsp3) is 0.517. The first kappa shape index (κ1) is 25.9. The summed E-state index contributed by atoms with van der Waals surface area (Å²) in [5, 5.41) is 21.6. The molecule has 35 heavy (non-hydrogen) atoms. The Morgan fingerprint density at radius 1 is 0.657 bits per heavy atom. The third-order valence-corrected chi connectivity index (χ3v) is 9.49. The summed E-state index contributed by atoms with van der Waals surface area (Å²) in [6.45, 7) is 13.0. The van der Waals surface area contributed by atoms with E-state index < -0.39 is 27.8 Å². The molecule has 6 atom stereocenters. The molecule has 184 valence electrons. The Labute approximate surface area is 213 Å². The van der Waals surface area contributed by atoms with Crippen LogP contribution in [0, 0.1) is 34.5 Å². The molecule has 2 aliphatic rings. The molecule has 2 aromatic carbocycles. The van der Waals surface area contributed by atoms with Gasteiger partial charge in [0.25, 0.3) is 0 Å². The normalized spacial score (nSPS) is 32.9.